The van der Waals surface area contributed by atoms with Gasteiger partial charge in [0.25, 0.3) is 5.91 Å². The summed E-state index contributed by atoms with van der Waals surface area (Å²) in [5.74, 6) is -0.278. The molecule has 1 N–H and O–H groups in total. The largest absolute Gasteiger partial charge is 0.350 e. The zero-order chi connectivity index (χ0) is 14.8. The summed E-state index contributed by atoms with van der Waals surface area (Å²) < 4.78 is 14.9. The van der Waals surface area contributed by atoms with Crippen molar-refractivity contribution in [2.24, 2.45) is 0 Å². The van der Waals surface area contributed by atoms with Crippen molar-refractivity contribution < 1.29 is 9.18 Å². The van der Waals surface area contributed by atoms with Crippen molar-refractivity contribution in [2.75, 3.05) is 6.54 Å². The topological polar surface area (TPSA) is 59.3 Å². The maximum atomic E-state index is 13.3. The summed E-state index contributed by atoms with van der Waals surface area (Å²) in [5.41, 5.74) is 2.06. The zero-order valence-electron chi connectivity index (χ0n) is 11.3. The Bertz CT molecular complexity index is 795. The Morgan fingerprint density at radius 2 is 2.33 bits per heavy atom. The van der Waals surface area contributed by atoms with Crippen LogP contribution in [0.5, 0.6) is 0 Å². The number of carbonyl (C=O) groups is 1. The average molecular weight is 304 g/mol. The number of pyridine rings is 1. The summed E-state index contributed by atoms with van der Waals surface area (Å²) in [6.07, 6.45) is 3.45. The van der Waals surface area contributed by atoms with Crippen LogP contribution in [0.4, 0.5) is 4.39 Å². The van der Waals surface area contributed by atoms with Crippen LogP contribution < -0.4 is 5.32 Å². The van der Waals surface area contributed by atoms with Gasteiger partial charge in [0.05, 0.1) is 22.3 Å². The van der Waals surface area contributed by atoms with E-state index >= 15 is 0 Å². The molecule has 0 saturated heterocycles. The summed E-state index contributed by atoms with van der Waals surface area (Å²) in [7, 11) is 0. The third-order valence-corrected chi connectivity index (χ3v) is 4.05. The number of hydrogen-bond donors (Lipinski definition) is 1. The first-order chi connectivity index (χ1) is 10.2. The first kappa shape index (κ1) is 13.7. The predicted octanol–water partition coefficient (Wildman–Crippen LogP) is 2.68. The van der Waals surface area contributed by atoms with Gasteiger partial charge in [-0.1, -0.05) is 6.07 Å². The quantitative estimate of drug-likeness (QED) is 0.806. The highest BCUT2D eigenvalue weighted by Gasteiger charge is 2.19. The number of nitrogens with one attached hydrogen (secondary N) is 1. The molecule has 1 amide bonds. The van der Waals surface area contributed by atoms with E-state index in [1.165, 1.54) is 0 Å². The number of rotatable bonds is 4. The van der Waals surface area contributed by atoms with Crippen molar-refractivity contribution >= 4 is 22.8 Å². The van der Waals surface area contributed by atoms with Crippen LogP contribution in [0.3, 0.4) is 0 Å². The van der Waals surface area contributed by atoms with E-state index in [4.69, 9.17) is 0 Å². The lowest BCUT2D eigenvalue weighted by molar-refractivity contribution is 0.0955. The summed E-state index contributed by atoms with van der Waals surface area (Å²) >= 11 is 1.08. The fourth-order valence-corrected chi connectivity index (χ4v) is 2.95. The number of amides is 1. The van der Waals surface area contributed by atoms with Crippen LogP contribution in [-0.4, -0.2) is 27.0 Å². The van der Waals surface area contributed by atoms with E-state index in [9.17, 15) is 9.18 Å². The molecule has 0 aromatic carbocycles. The van der Waals surface area contributed by atoms with Crippen LogP contribution in [0.25, 0.3) is 16.8 Å². The molecule has 0 spiro atoms. The van der Waals surface area contributed by atoms with E-state index in [2.05, 4.69) is 15.4 Å². The van der Waals surface area contributed by atoms with Gasteiger partial charge in [0.15, 0.2) is 5.01 Å². The van der Waals surface area contributed by atoms with Crippen molar-refractivity contribution in [3.8, 4) is 11.3 Å². The van der Waals surface area contributed by atoms with Crippen LogP contribution in [0.2, 0.25) is 0 Å². The Balaban J connectivity index is 2.11. The van der Waals surface area contributed by atoms with Crippen LogP contribution >= 0.6 is 11.3 Å². The number of alkyl halides is 1. The van der Waals surface area contributed by atoms with E-state index in [0.717, 1.165) is 22.4 Å². The molecule has 21 heavy (non-hydrogen) atoms. The lowest BCUT2D eigenvalue weighted by Crippen LogP contribution is -2.22. The maximum absolute atomic E-state index is 13.3. The lowest BCUT2D eigenvalue weighted by Gasteiger charge is -1.97. The molecule has 3 rings (SSSR count). The number of aromatic nitrogens is 3. The minimum Gasteiger partial charge on any atom is -0.350 e. The lowest BCUT2D eigenvalue weighted by atomic mass is 10.2. The molecule has 3 aromatic heterocycles. The Kier molecular flexibility index (Phi) is 3.66. The molecule has 0 atom stereocenters. The average Bonchev–Trinajstić information content (AvgIpc) is 3.11. The highest BCUT2D eigenvalue weighted by molar-refractivity contribution is 7.14. The van der Waals surface area contributed by atoms with Crippen molar-refractivity contribution in [1.82, 2.24) is 19.9 Å². The van der Waals surface area contributed by atoms with Crippen LogP contribution in [0.15, 0.2) is 30.6 Å². The molecule has 0 bridgehead atoms. The molecule has 0 unspecified atom stereocenters. The molecular weight excluding hydrogens is 291 g/mol. The number of halogens is 1. The van der Waals surface area contributed by atoms with Gasteiger partial charge in [-0.05, 0) is 19.1 Å². The first-order valence-electron chi connectivity index (χ1n) is 6.51. The van der Waals surface area contributed by atoms with Gasteiger partial charge in [-0.25, -0.2) is 13.9 Å². The predicted molar refractivity (Wildman–Crippen MR) is 79.1 cm³/mol. The van der Waals surface area contributed by atoms with E-state index < -0.39 is 6.67 Å². The summed E-state index contributed by atoms with van der Waals surface area (Å²) in [5, 5.41) is 7.17. The fraction of sp³-hybridized carbons (Fsp3) is 0.214. The second kappa shape index (κ2) is 5.61. The normalized spacial score (nSPS) is 11.0. The molecule has 108 valence electrons. The maximum Gasteiger partial charge on any atom is 0.280 e. The molecule has 0 aliphatic carbocycles. The van der Waals surface area contributed by atoms with Gasteiger partial charge in [0, 0.05) is 18.3 Å². The number of carbonyl (C=O) groups excluding carboxylic acids is 1. The summed E-state index contributed by atoms with van der Waals surface area (Å²) in [6.45, 7) is 1.68. The van der Waals surface area contributed by atoms with Gasteiger partial charge in [-0.2, -0.15) is 5.10 Å². The molecule has 3 aromatic rings. The molecule has 7 heteroatoms. The molecule has 0 aliphatic heterocycles. The third-order valence-electron chi connectivity index (χ3n) is 3.03. The molecule has 5 nitrogen and oxygen atoms in total. The molecule has 0 saturated carbocycles. The number of fused-ring (bicyclic) bond motifs is 1. The SMILES string of the molecule is CCNC(=O)c1nc(-c2cnn3ccccc23)c(CF)s1. The molecule has 0 radical (unpaired) electrons. The van der Waals surface area contributed by atoms with E-state index in [1.54, 1.807) is 10.7 Å². The molecule has 3 heterocycles. The van der Waals surface area contributed by atoms with Crippen molar-refractivity contribution in [1.29, 1.82) is 0 Å². The summed E-state index contributed by atoms with van der Waals surface area (Å²) in [4.78, 5) is 16.6. The first-order valence-corrected chi connectivity index (χ1v) is 7.32. The Labute approximate surface area is 124 Å². The standard InChI is InChI=1S/C14H13FN4OS/c1-2-16-13(20)14-18-12(11(7-15)21-14)9-8-17-19-6-4-3-5-10(9)19/h3-6,8H,2,7H2,1H3,(H,16,20). The Morgan fingerprint density at radius 1 is 1.48 bits per heavy atom. The second-order valence-electron chi connectivity index (χ2n) is 4.37. The van der Waals surface area contributed by atoms with Crippen LogP contribution in [0.1, 0.15) is 21.6 Å². The highest BCUT2D eigenvalue weighted by Crippen LogP contribution is 2.31. The van der Waals surface area contributed by atoms with Crippen LogP contribution in [-0.2, 0) is 6.67 Å². The van der Waals surface area contributed by atoms with Gasteiger partial charge >= 0.3 is 0 Å². The van der Waals surface area contributed by atoms with Crippen molar-refractivity contribution in [3.63, 3.8) is 0 Å². The highest BCUT2D eigenvalue weighted by atomic mass is 32.1. The van der Waals surface area contributed by atoms with E-state index in [0.29, 0.717) is 17.1 Å². The van der Waals surface area contributed by atoms with Crippen molar-refractivity contribution in [3.05, 3.63) is 40.5 Å². The Hall–Kier alpha value is -2.28. The molecule has 0 aliphatic rings. The monoisotopic (exact) mass is 304 g/mol. The van der Waals surface area contributed by atoms with Gasteiger partial charge in [-0.3, -0.25) is 4.79 Å². The minimum absolute atomic E-state index is 0.273. The third kappa shape index (κ3) is 2.40. The minimum atomic E-state index is -0.656. The smallest absolute Gasteiger partial charge is 0.280 e. The summed E-state index contributed by atoms with van der Waals surface area (Å²) in [6, 6.07) is 5.63. The van der Waals surface area contributed by atoms with Crippen molar-refractivity contribution in [2.45, 2.75) is 13.6 Å². The van der Waals surface area contributed by atoms with E-state index in [-0.39, 0.29) is 10.9 Å². The van der Waals surface area contributed by atoms with Gasteiger partial charge in [0.2, 0.25) is 0 Å². The van der Waals surface area contributed by atoms with Gasteiger partial charge < -0.3 is 5.32 Å². The second-order valence-corrected chi connectivity index (χ2v) is 5.46. The zero-order valence-corrected chi connectivity index (χ0v) is 12.2. The van der Waals surface area contributed by atoms with Crippen LogP contribution in [0, 0.1) is 0 Å². The fourth-order valence-electron chi connectivity index (χ4n) is 2.10. The number of nitrogens with zero attached hydrogens (tertiary/aromatic N) is 3. The van der Waals surface area contributed by atoms with Gasteiger partial charge in [-0.15, -0.1) is 11.3 Å². The number of thiazole rings is 1. The molecular formula is C14H13FN4OS. The Morgan fingerprint density at radius 3 is 3.10 bits per heavy atom. The number of hydrogen-bond acceptors (Lipinski definition) is 4. The molecule has 0 fully saturated rings. The van der Waals surface area contributed by atoms with E-state index in [1.807, 2.05) is 31.3 Å². The van der Waals surface area contributed by atoms with Gasteiger partial charge in [0.1, 0.15) is 6.67 Å².